The highest BCUT2D eigenvalue weighted by atomic mass is 127. The first kappa shape index (κ1) is 23.1. The molecule has 0 bridgehead atoms. The molecule has 1 heterocycles. The number of aliphatic imine (C=N–C) groups is 1. The van der Waals surface area contributed by atoms with Crippen LogP contribution in [0.4, 0.5) is 4.39 Å². The van der Waals surface area contributed by atoms with Crippen molar-refractivity contribution in [3.05, 3.63) is 35.1 Å². The highest BCUT2D eigenvalue weighted by molar-refractivity contribution is 14.0. The fourth-order valence-corrected chi connectivity index (χ4v) is 2.70. The lowest BCUT2D eigenvalue weighted by molar-refractivity contribution is 0.0203. The average Bonchev–Trinajstić information content (AvgIpc) is 2.64. The monoisotopic (exact) mass is 479 g/mol. The van der Waals surface area contributed by atoms with Crippen molar-refractivity contribution < 1.29 is 13.9 Å². The molecule has 0 aromatic heterocycles. The van der Waals surface area contributed by atoms with E-state index in [9.17, 15) is 4.39 Å². The minimum Gasteiger partial charge on any atom is -0.381 e. The molecule has 2 N–H and O–H groups in total. The molecule has 0 spiro atoms. The Morgan fingerprint density at radius 1 is 1.31 bits per heavy atom. The van der Waals surface area contributed by atoms with E-state index in [-0.39, 0.29) is 29.8 Å². The van der Waals surface area contributed by atoms with E-state index in [1.165, 1.54) is 0 Å². The Hall–Kier alpha value is -0.930. The molecule has 1 fully saturated rings. The van der Waals surface area contributed by atoms with Crippen LogP contribution in [0.2, 0.25) is 0 Å². The molecule has 0 radical (unpaired) electrons. The molecule has 1 saturated heterocycles. The Kier molecular flexibility index (Phi) is 11.8. The Balaban J connectivity index is 0.00000338. The van der Waals surface area contributed by atoms with E-state index >= 15 is 0 Å². The van der Waals surface area contributed by atoms with Crippen molar-refractivity contribution in [3.8, 4) is 0 Å². The summed E-state index contributed by atoms with van der Waals surface area (Å²) in [5.74, 6) is 1.18. The summed E-state index contributed by atoms with van der Waals surface area (Å²) >= 11 is 0. The second-order valence-electron chi connectivity index (χ2n) is 6.42. The first-order chi connectivity index (χ1) is 12.2. The maximum absolute atomic E-state index is 13.5. The van der Waals surface area contributed by atoms with Crippen molar-refractivity contribution in [1.82, 2.24) is 10.6 Å². The van der Waals surface area contributed by atoms with Crippen molar-refractivity contribution in [1.29, 1.82) is 0 Å². The third-order valence-electron chi connectivity index (χ3n) is 4.37. The van der Waals surface area contributed by atoms with Gasteiger partial charge in [0.2, 0.25) is 0 Å². The first-order valence-electron chi connectivity index (χ1n) is 9.04. The predicted octanol–water partition coefficient (Wildman–Crippen LogP) is 3.25. The number of guanidine groups is 1. The van der Waals surface area contributed by atoms with Crippen molar-refractivity contribution >= 4 is 29.9 Å². The molecular weight excluding hydrogens is 448 g/mol. The maximum atomic E-state index is 13.5. The van der Waals surface area contributed by atoms with Crippen molar-refractivity contribution in [2.75, 3.05) is 40.0 Å². The van der Waals surface area contributed by atoms with Crippen LogP contribution in [0.1, 0.15) is 30.4 Å². The van der Waals surface area contributed by atoms with Gasteiger partial charge in [0, 0.05) is 46.6 Å². The second kappa shape index (κ2) is 13.3. The predicted molar refractivity (Wildman–Crippen MR) is 114 cm³/mol. The van der Waals surface area contributed by atoms with Gasteiger partial charge in [-0.1, -0.05) is 12.1 Å². The number of ether oxygens (including phenoxy) is 2. The summed E-state index contributed by atoms with van der Waals surface area (Å²) in [6, 6.07) is 5.26. The van der Waals surface area contributed by atoms with Crippen LogP contribution in [0.5, 0.6) is 0 Å². The van der Waals surface area contributed by atoms with Gasteiger partial charge in [0.05, 0.1) is 0 Å². The zero-order chi connectivity index (χ0) is 17.9. The molecule has 1 aromatic carbocycles. The molecule has 0 aliphatic carbocycles. The Morgan fingerprint density at radius 2 is 2.08 bits per heavy atom. The van der Waals surface area contributed by atoms with Crippen LogP contribution in [0.25, 0.3) is 0 Å². The lowest BCUT2D eigenvalue weighted by Crippen LogP contribution is -2.37. The van der Waals surface area contributed by atoms with Gasteiger partial charge in [-0.25, -0.2) is 4.39 Å². The number of hydrogen-bond acceptors (Lipinski definition) is 3. The van der Waals surface area contributed by atoms with Gasteiger partial charge >= 0.3 is 0 Å². The number of hydrogen-bond donors (Lipinski definition) is 2. The highest BCUT2D eigenvalue weighted by Crippen LogP contribution is 2.14. The van der Waals surface area contributed by atoms with E-state index in [2.05, 4.69) is 15.6 Å². The van der Waals surface area contributed by atoms with Gasteiger partial charge in [-0.3, -0.25) is 4.99 Å². The quantitative estimate of drug-likeness (QED) is 0.260. The molecule has 7 heteroatoms. The zero-order valence-electron chi connectivity index (χ0n) is 15.7. The van der Waals surface area contributed by atoms with Gasteiger partial charge in [-0.05, 0) is 49.3 Å². The molecule has 0 atom stereocenters. The lowest BCUT2D eigenvalue weighted by atomic mass is 10.0. The van der Waals surface area contributed by atoms with Gasteiger partial charge in [0.25, 0.3) is 0 Å². The van der Waals surface area contributed by atoms with Crippen molar-refractivity contribution in [3.63, 3.8) is 0 Å². The van der Waals surface area contributed by atoms with Crippen LogP contribution in [0.3, 0.4) is 0 Å². The molecule has 0 amide bonds. The molecule has 0 saturated carbocycles. The Bertz CT molecular complexity index is 552. The van der Waals surface area contributed by atoms with Crippen molar-refractivity contribution in [2.45, 2.75) is 32.7 Å². The van der Waals surface area contributed by atoms with E-state index < -0.39 is 0 Å². The summed E-state index contributed by atoms with van der Waals surface area (Å²) in [5, 5.41) is 6.44. The molecule has 1 aliphatic rings. The van der Waals surface area contributed by atoms with Gasteiger partial charge in [0.15, 0.2) is 5.96 Å². The molecule has 148 valence electrons. The Morgan fingerprint density at radius 3 is 2.77 bits per heavy atom. The molecular formula is C19H31FIN3O2. The van der Waals surface area contributed by atoms with Gasteiger partial charge in [-0.15, -0.1) is 24.0 Å². The van der Waals surface area contributed by atoms with Crippen LogP contribution in [0, 0.1) is 18.7 Å². The highest BCUT2D eigenvalue weighted by Gasteiger charge is 2.13. The summed E-state index contributed by atoms with van der Waals surface area (Å²) in [7, 11) is 1.73. The molecule has 26 heavy (non-hydrogen) atoms. The summed E-state index contributed by atoms with van der Waals surface area (Å²) in [6.07, 6.45) is 3.13. The SMILES string of the molecule is CN=C(NCCCOCC1CCOCC1)NCc1ccc(C)c(F)c1.I. The molecule has 1 aliphatic heterocycles. The third kappa shape index (κ3) is 8.64. The number of halogens is 2. The topological polar surface area (TPSA) is 54.9 Å². The number of nitrogens with one attached hydrogen (secondary N) is 2. The van der Waals surface area contributed by atoms with Crippen LogP contribution >= 0.6 is 24.0 Å². The minimum absolute atomic E-state index is 0. The normalized spacial score (nSPS) is 15.4. The van der Waals surface area contributed by atoms with Crippen LogP contribution < -0.4 is 10.6 Å². The van der Waals surface area contributed by atoms with Crippen molar-refractivity contribution in [2.24, 2.45) is 10.9 Å². The summed E-state index contributed by atoms with van der Waals surface area (Å²) in [6.45, 7) is 6.38. The Labute approximate surface area is 173 Å². The van der Waals surface area contributed by atoms with E-state index in [1.54, 1.807) is 26.1 Å². The number of rotatable bonds is 8. The first-order valence-corrected chi connectivity index (χ1v) is 9.04. The number of benzene rings is 1. The van der Waals surface area contributed by atoms with Crippen LogP contribution in [0.15, 0.2) is 23.2 Å². The lowest BCUT2D eigenvalue weighted by Gasteiger charge is -2.21. The largest absolute Gasteiger partial charge is 0.381 e. The number of aryl methyl sites for hydroxylation is 1. The minimum atomic E-state index is -0.177. The van der Waals surface area contributed by atoms with Crippen LogP contribution in [-0.2, 0) is 16.0 Å². The van der Waals surface area contributed by atoms with E-state index in [1.807, 2.05) is 6.07 Å². The number of nitrogens with zero attached hydrogens (tertiary/aromatic N) is 1. The van der Waals surface area contributed by atoms with E-state index in [4.69, 9.17) is 9.47 Å². The van der Waals surface area contributed by atoms with Crippen LogP contribution in [-0.4, -0.2) is 46.0 Å². The molecule has 1 aromatic rings. The third-order valence-corrected chi connectivity index (χ3v) is 4.37. The summed E-state index contributed by atoms with van der Waals surface area (Å²) in [5.41, 5.74) is 1.55. The van der Waals surface area contributed by atoms with Gasteiger partial charge < -0.3 is 20.1 Å². The maximum Gasteiger partial charge on any atom is 0.191 e. The fraction of sp³-hybridized carbons (Fsp3) is 0.632. The fourth-order valence-electron chi connectivity index (χ4n) is 2.70. The summed E-state index contributed by atoms with van der Waals surface area (Å²) < 4.78 is 24.6. The standard InChI is InChI=1S/C19H30FN3O2.HI/c1-15-4-5-17(12-18(15)20)13-23-19(21-2)22-8-3-9-25-14-16-6-10-24-11-7-16;/h4-5,12,16H,3,6-11,13-14H2,1-2H3,(H2,21,22,23);1H. The molecule has 2 rings (SSSR count). The van der Waals surface area contributed by atoms with E-state index in [0.29, 0.717) is 24.0 Å². The van der Waals surface area contributed by atoms with E-state index in [0.717, 1.165) is 57.8 Å². The second-order valence-corrected chi connectivity index (χ2v) is 6.42. The van der Waals surface area contributed by atoms with Gasteiger partial charge in [-0.2, -0.15) is 0 Å². The zero-order valence-corrected chi connectivity index (χ0v) is 18.1. The van der Waals surface area contributed by atoms with Gasteiger partial charge in [0.1, 0.15) is 5.82 Å². The summed E-state index contributed by atoms with van der Waals surface area (Å²) in [4.78, 5) is 4.18. The molecule has 0 unspecified atom stereocenters. The molecule has 5 nitrogen and oxygen atoms in total. The smallest absolute Gasteiger partial charge is 0.191 e. The average molecular weight is 479 g/mol.